The molecule has 0 unspecified atom stereocenters. The number of benzene rings is 1. The largest absolute Gasteiger partial charge is 0.496 e. The standard InChI is InChI=1S/C13H20N2O3S/c1-10-8-11(4-5-12(10)18-2)19(16,17)15-9-13(14)6-3-7-13/h4-5,8,15H,3,6-7,9,14H2,1-2H3. The fraction of sp³-hybridized carbons (Fsp3) is 0.538. The van der Waals surface area contributed by atoms with Crippen LogP contribution in [0.1, 0.15) is 24.8 Å². The van der Waals surface area contributed by atoms with Crippen molar-refractivity contribution in [3.63, 3.8) is 0 Å². The van der Waals surface area contributed by atoms with Gasteiger partial charge in [-0.3, -0.25) is 0 Å². The normalized spacial score (nSPS) is 17.8. The van der Waals surface area contributed by atoms with E-state index in [1.165, 1.54) is 6.07 Å². The summed E-state index contributed by atoms with van der Waals surface area (Å²) < 4.78 is 32.0. The third-order valence-electron chi connectivity index (χ3n) is 3.64. The van der Waals surface area contributed by atoms with Gasteiger partial charge in [0.25, 0.3) is 0 Å². The minimum Gasteiger partial charge on any atom is -0.496 e. The summed E-state index contributed by atoms with van der Waals surface area (Å²) in [5.41, 5.74) is 6.44. The zero-order chi connectivity index (χ0) is 14.1. The molecule has 1 aliphatic rings. The Labute approximate surface area is 114 Å². The summed E-state index contributed by atoms with van der Waals surface area (Å²) in [4.78, 5) is 0.244. The fourth-order valence-electron chi connectivity index (χ4n) is 2.15. The van der Waals surface area contributed by atoms with Gasteiger partial charge in [0.05, 0.1) is 12.0 Å². The predicted molar refractivity (Wildman–Crippen MR) is 73.7 cm³/mol. The number of hydrogen-bond acceptors (Lipinski definition) is 4. The Morgan fingerprint density at radius 1 is 1.42 bits per heavy atom. The van der Waals surface area contributed by atoms with Gasteiger partial charge >= 0.3 is 0 Å². The third-order valence-corrected chi connectivity index (χ3v) is 5.04. The molecule has 5 nitrogen and oxygen atoms in total. The summed E-state index contributed by atoms with van der Waals surface area (Å²) >= 11 is 0. The number of nitrogens with one attached hydrogen (secondary N) is 1. The SMILES string of the molecule is COc1ccc(S(=O)(=O)NCC2(N)CCC2)cc1C. The molecule has 1 aromatic rings. The molecule has 1 fully saturated rings. The lowest BCUT2D eigenvalue weighted by Gasteiger charge is -2.38. The minimum atomic E-state index is -3.50. The van der Waals surface area contributed by atoms with Gasteiger partial charge in [0, 0.05) is 12.1 Å². The molecule has 106 valence electrons. The second-order valence-electron chi connectivity index (χ2n) is 5.17. The summed E-state index contributed by atoms with van der Waals surface area (Å²) in [5.74, 6) is 0.674. The topological polar surface area (TPSA) is 81.4 Å². The second kappa shape index (κ2) is 5.11. The molecule has 0 heterocycles. The van der Waals surface area contributed by atoms with Crippen LogP contribution in [0.15, 0.2) is 23.1 Å². The molecule has 1 aromatic carbocycles. The van der Waals surface area contributed by atoms with E-state index in [0.29, 0.717) is 12.3 Å². The van der Waals surface area contributed by atoms with Gasteiger partial charge in [-0.25, -0.2) is 13.1 Å². The maximum Gasteiger partial charge on any atom is 0.240 e. The van der Waals surface area contributed by atoms with E-state index >= 15 is 0 Å². The van der Waals surface area contributed by atoms with Crippen molar-refractivity contribution in [3.8, 4) is 5.75 Å². The molecule has 0 aromatic heterocycles. The van der Waals surface area contributed by atoms with Crippen molar-refractivity contribution in [2.24, 2.45) is 5.73 Å². The van der Waals surface area contributed by atoms with Crippen LogP contribution in [0.5, 0.6) is 5.75 Å². The van der Waals surface area contributed by atoms with Gasteiger partial charge in [-0.15, -0.1) is 0 Å². The molecule has 1 aliphatic carbocycles. The van der Waals surface area contributed by atoms with Gasteiger partial charge in [0.1, 0.15) is 5.75 Å². The lowest BCUT2D eigenvalue weighted by atomic mass is 9.78. The van der Waals surface area contributed by atoms with Crippen molar-refractivity contribution < 1.29 is 13.2 Å². The fourth-order valence-corrected chi connectivity index (χ4v) is 3.37. The van der Waals surface area contributed by atoms with Crippen LogP contribution in [0.4, 0.5) is 0 Å². The minimum absolute atomic E-state index is 0.244. The molecule has 0 spiro atoms. The maximum atomic E-state index is 12.2. The second-order valence-corrected chi connectivity index (χ2v) is 6.94. The zero-order valence-corrected chi connectivity index (χ0v) is 12.1. The van der Waals surface area contributed by atoms with E-state index in [9.17, 15) is 8.42 Å². The molecule has 0 bridgehead atoms. The molecule has 6 heteroatoms. The van der Waals surface area contributed by atoms with Crippen molar-refractivity contribution in [2.45, 2.75) is 36.6 Å². The predicted octanol–water partition coefficient (Wildman–Crippen LogP) is 1.16. The Morgan fingerprint density at radius 3 is 2.58 bits per heavy atom. The van der Waals surface area contributed by atoms with E-state index in [1.54, 1.807) is 19.2 Å². The van der Waals surface area contributed by atoms with Gasteiger partial charge in [0.2, 0.25) is 10.0 Å². The number of rotatable bonds is 5. The number of hydrogen-bond donors (Lipinski definition) is 2. The molecule has 3 N–H and O–H groups in total. The molecule has 0 atom stereocenters. The molecular formula is C13H20N2O3S. The summed E-state index contributed by atoms with van der Waals surface area (Å²) in [6.45, 7) is 2.11. The Kier molecular flexibility index (Phi) is 3.85. The third kappa shape index (κ3) is 3.08. The first-order valence-electron chi connectivity index (χ1n) is 6.29. The van der Waals surface area contributed by atoms with Crippen LogP contribution in [0, 0.1) is 6.92 Å². The molecule has 0 radical (unpaired) electrons. The number of nitrogens with two attached hydrogens (primary N) is 1. The van der Waals surface area contributed by atoms with E-state index in [2.05, 4.69) is 4.72 Å². The van der Waals surface area contributed by atoms with Gasteiger partial charge in [-0.05, 0) is 49.9 Å². The average molecular weight is 284 g/mol. The smallest absolute Gasteiger partial charge is 0.240 e. The molecule has 0 aliphatic heterocycles. The highest BCUT2D eigenvalue weighted by molar-refractivity contribution is 7.89. The number of methoxy groups -OCH3 is 1. The van der Waals surface area contributed by atoms with Crippen molar-refractivity contribution in [1.29, 1.82) is 0 Å². The summed E-state index contributed by atoms with van der Waals surface area (Å²) in [6.07, 6.45) is 2.81. The summed E-state index contributed by atoms with van der Waals surface area (Å²) in [6, 6.07) is 4.80. The average Bonchev–Trinajstić information content (AvgIpc) is 2.34. The quantitative estimate of drug-likeness (QED) is 0.850. The van der Waals surface area contributed by atoms with Gasteiger partial charge in [-0.2, -0.15) is 0 Å². The first kappa shape index (κ1) is 14.3. The summed E-state index contributed by atoms with van der Waals surface area (Å²) in [5, 5.41) is 0. The molecule has 19 heavy (non-hydrogen) atoms. The van der Waals surface area contributed by atoms with Gasteiger partial charge in [0.15, 0.2) is 0 Å². The monoisotopic (exact) mass is 284 g/mol. The highest BCUT2D eigenvalue weighted by Gasteiger charge is 2.33. The number of aryl methyl sites for hydroxylation is 1. The van der Waals surface area contributed by atoms with Crippen molar-refractivity contribution >= 4 is 10.0 Å². The van der Waals surface area contributed by atoms with E-state index in [-0.39, 0.29) is 10.4 Å². The van der Waals surface area contributed by atoms with Crippen LogP contribution < -0.4 is 15.2 Å². The lowest BCUT2D eigenvalue weighted by Crippen LogP contribution is -2.54. The van der Waals surface area contributed by atoms with E-state index in [1.807, 2.05) is 6.92 Å². The Hall–Kier alpha value is -1.11. The van der Waals surface area contributed by atoms with Crippen molar-refractivity contribution in [3.05, 3.63) is 23.8 Å². The van der Waals surface area contributed by atoms with Crippen LogP contribution in [-0.4, -0.2) is 27.6 Å². The maximum absolute atomic E-state index is 12.2. The number of ether oxygens (including phenoxy) is 1. The van der Waals surface area contributed by atoms with E-state index in [4.69, 9.17) is 10.5 Å². The van der Waals surface area contributed by atoms with Crippen LogP contribution >= 0.6 is 0 Å². The molecule has 2 rings (SSSR count). The Morgan fingerprint density at radius 2 is 2.11 bits per heavy atom. The Balaban J connectivity index is 2.12. The van der Waals surface area contributed by atoms with Crippen LogP contribution in [0.2, 0.25) is 0 Å². The van der Waals surface area contributed by atoms with Crippen LogP contribution in [0.25, 0.3) is 0 Å². The first-order valence-corrected chi connectivity index (χ1v) is 7.78. The highest BCUT2D eigenvalue weighted by atomic mass is 32.2. The van der Waals surface area contributed by atoms with E-state index in [0.717, 1.165) is 24.8 Å². The van der Waals surface area contributed by atoms with Gasteiger partial charge < -0.3 is 10.5 Å². The highest BCUT2D eigenvalue weighted by Crippen LogP contribution is 2.29. The van der Waals surface area contributed by atoms with E-state index < -0.39 is 10.0 Å². The Bertz CT molecular complexity index is 565. The lowest BCUT2D eigenvalue weighted by molar-refractivity contribution is 0.251. The van der Waals surface area contributed by atoms with Crippen molar-refractivity contribution in [2.75, 3.05) is 13.7 Å². The summed E-state index contributed by atoms with van der Waals surface area (Å²) in [7, 11) is -1.94. The molecule has 1 saturated carbocycles. The first-order chi connectivity index (χ1) is 8.86. The molecule has 0 saturated heterocycles. The number of sulfonamides is 1. The van der Waals surface area contributed by atoms with Gasteiger partial charge in [-0.1, -0.05) is 0 Å². The zero-order valence-electron chi connectivity index (χ0n) is 11.3. The molecule has 0 amide bonds. The van der Waals surface area contributed by atoms with Crippen molar-refractivity contribution in [1.82, 2.24) is 4.72 Å². The molecular weight excluding hydrogens is 264 g/mol. The van der Waals surface area contributed by atoms with Crippen LogP contribution in [0.3, 0.4) is 0 Å². The van der Waals surface area contributed by atoms with Crippen LogP contribution in [-0.2, 0) is 10.0 Å².